The predicted molar refractivity (Wildman–Crippen MR) is 293 cm³/mol. The quantitative estimate of drug-likeness (QED) is 0.131. The van der Waals surface area contributed by atoms with Crippen LogP contribution in [0.2, 0.25) is 0 Å². The molecule has 0 aliphatic rings. The summed E-state index contributed by atoms with van der Waals surface area (Å²) in [7, 11) is 0. The van der Waals surface area contributed by atoms with Gasteiger partial charge in [-0.15, -0.1) is 13.2 Å². The number of allylic oxidation sites excluding steroid dienone is 3. The molecule has 0 aliphatic carbocycles. The summed E-state index contributed by atoms with van der Waals surface area (Å²) in [6, 6.07) is 50.5. The van der Waals surface area contributed by atoms with Crippen molar-refractivity contribution in [2.75, 3.05) is 0 Å². The largest absolute Gasteiger partial charge is 0.358 e. The van der Waals surface area contributed by atoms with Crippen LogP contribution in [0.1, 0.15) is 98.9 Å². The molecule has 2 heterocycles. The van der Waals surface area contributed by atoms with Gasteiger partial charge in [-0.3, -0.25) is 0 Å². The standard InChI is InChI=1S/C30H24N2.C22H22.C5H12.2C3H6/c1-3-12-22-19(2)31-29-26(21-15-8-5-9-16-21)25(20-13-6-4-7-14-20)27-23-17-10-11-18-24(23)32-30(27)28(22)29;1-14(22(2,3)4)18-12-10-17-9-8-15-6-5-7-16-11-13-19(18)21(17)20(15)16;1-5(2,3)4;2*1-3-2/h3-18,31-32H,1-2H3;5-14H,1-4H3;1-4H3;2*3H,1H2,2H3/b12-3-;;;;. The summed E-state index contributed by atoms with van der Waals surface area (Å²) in [4.78, 5) is 7.52. The van der Waals surface area contributed by atoms with Crippen LogP contribution in [0.25, 0.3) is 93.4 Å². The molecule has 0 bridgehead atoms. The van der Waals surface area contributed by atoms with Crippen molar-refractivity contribution in [3.63, 3.8) is 0 Å². The van der Waals surface area contributed by atoms with E-state index in [2.05, 4.69) is 244 Å². The highest BCUT2D eigenvalue weighted by Crippen LogP contribution is 2.48. The lowest BCUT2D eigenvalue weighted by Gasteiger charge is -2.29. The molecule has 10 rings (SSSR count). The van der Waals surface area contributed by atoms with Crippen LogP contribution in [-0.2, 0) is 0 Å². The molecule has 1 unspecified atom stereocenters. The molecule has 8 aromatic carbocycles. The van der Waals surface area contributed by atoms with Gasteiger partial charge in [-0.2, -0.15) is 0 Å². The van der Waals surface area contributed by atoms with E-state index >= 15 is 0 Å². The number of aryl methyl sites for hydroxylation is 1. The molecular formula is C63H70N2. The van der Waals surface area contributed by atoms with E-state index in [-0.39, 0.29) is 5.41 Å². The van der Waals surface area contributed by atoms with Crippen LogP contribution in [-0.4, -0.2) is 9.97 Å². The second-order valence-electron chi connectivity index (χ2n) is 19.7. The lowest BCUT2D eigenvalue weighted by Crippen LogP contribution is -2.15. The van der Waals surface area contributed by atoms with Gasteiger partial charge in [0.25, 0.3) is 0 Å². The van der Waals surface area contributed by atoms with Crippen LogP contribution in [0.15, 0.2) is 171 Å². The zero-order valence-corrected chi connectivity index (χ0v) is 41.1. The maximum absolute atomic E-state index is 3.77. The summed E-state index contributed by atoms with van der Waals surface area (Å²) in [6.07, 6.45) is 7.84. The van der Waals surface area contributed by atoms with Gasteiger partial charge in [0, 0.05) is 44.1 Å². The van der Waals surface area contributed by atoms with Gasteiger partial charge in [0.1, 0.15) is 0 Å². The number of para-hydroxylation sites is 1. The number of aromatic nitrogens is 2. The summed E-state index contributed by atoms with van der Waals surface area (Å²) in [5.74, 6) is 0.525. The Kier molecular flexibility index (Phi) is 15.1. The molecule has 2 nitrogen and oxygen atoms in total. The van der Waals surface area contributed by atoms with Gasteiger partial charge in [-0.05, 0) is 99.5 Å². The Morgan fingerprint density at radius 2 is 0.985 bits per heavy atom. The van der Waals surface area contributed by atoms with E-state index in [1.165, 1.54) is 98.6 Å². The number of hydrogen-bond donors (Lipinski definition) is 2. The van der Waals surface area contributed by atoms with E-state index in [0.717, 1.165) is 5.52 Å². The number of benzene rings is 8. The Balaban J connectivity index is 0.000000183. The molecule has 0 saturated carbocycles. The monoisotopic (exact) mass is 855 g/mol. The molecule has 2 N–H and O–H groups in total. The van der Waals surface area contributed by atoms with Crippen LogP contribution < -0.4 is 0 Å². The number of H-pyrrole nitrogens is 2. The fourth-order valence-corrected chi connectivity index (χ4v) is 8.69. The fraction of sp³-hybridized carbons (Fsp3) is 0.238. The average Bonchev–Trinajstić information content (AvgIpc) is 3.82. The van der Waals surface area contributed by atoms with Crippen molar-refractivity contribution in [1.29, 1.82) is 0 Å². The van der Waals surface area contributed by atoms with E-state index in [1.807, 2.05) is 13.8 Å². The molecule has 2 aromatic heterocycles. The van der Waals surface area contributed by atoms with Gasteiger partial charge >= 0.3 is 0 Å². The Bertz CT molecular complexity index is 3170. The molecule has 0 aliphatic heterocycles. The van der Waals surface area contributed by atoms with Gasteiger partial charge in [-0.25, -0.2) is 0 Å². The third kappa shape index (κ3) is 10.3. The van der Waals surface area contributed by atoms with Gasteiger partial charge in [0.05, 0.1) is 11.0 Å². The first-order valence-corrected chi connectivity index (χ1v) is 23.2. The Labute approximate surface area is 389 Å². The maximum Gasteiger partial charge on any atom is 0.0573 e. The van der Waals surface area contributed by atoms with Crippen molar-refractivity contribution in [2.24, 2.45) is 10.8 Å². The number of nitrogens with one attached hydrogen (secondary N) is 2. The van der Waals surface area contributed by atoms with E-state index in [9.17, 15) is 0 Å². The smallest absolute Gasteiger partial charge is 0.0573 e. The average molecular weight is 855 g/mol. The molecule has 0 saturated heterocycles. The minimum atomic E-state index is 0.267. The number of aromatic amines is 2. The molecule has 0 spiro atoms. The van der Waals surface area contributed by atoms with Crippen LogP contribution in [0.5, 0.6) is 0 Å². The minimum Gasteiger partial charge on any atom is -0.358 e. The lowest BCUT2D eigenvalue weighted by atomic mass is 9.75. The molecule has 10 aromatic rings. The highest BCUT2D eigenvalue weighted by Gasteiger charge is 2.25. The first-order chi connectivity index (χ1) is 31.1. The minimum absolute atomic E-state index is 0.267. The fourth-order valence-electron chi connectivity index (χ4n) is 8.69. The summed E-state index contributed by atoms with van der Waals surface area (Å²) < 4.78 is 0. The zero-order chi connectivity index (χ0) is 47.1. The summed E-state index contributed by atoms with van der Waals surface area (Å²) in [5.41, 5.74) is 13.2. The third-order valence-electron chi connectivity index (χ3n) is 11.7. The van der Waals surface area contributed by atoms with E-state index < -0.39 is 0 Å². The van der Waals surface area contributed by atoms with Crippen LogP contribution >= 0.6 is 0 Å². The summed E-state index contributed by atoms with van der Waals surface area (Å²) in [6.45, 7) is 32.8. The predicted octanol–water partition coefficient (Wildman–Crippen LogP) is 19.6. The molecule has 0 amide bonds. The van der Waals surface area contributed by atoms with Gasteiger partial charge in [-0.1, -0.05) is 213 Å². The van der Waals surface area contributed by atoms with Crippen molar-refractivity contribution >= 4 is 71.1 Å². The topological polar surface area (TPSA) is 31.6 Å². The van der Waals surface area contributed by atoms with Gasteiger partial charge in [0.15, 0.2) is 0 Å². The molecule has 0 radical (unpaired) electrons. The molecule has 1 atom stereocenters. The second-order valence-corrected chi connectivity index (χ2v) is 19.7. The first-order valence-electron chi connectivity index (χ1n) is 23.2. The number of hydrogen-bond acceptors (Lipinski definition) is 0. The first kappa shape index (κ1) is 47.8. The lowest BCUT2D eigenvalue weighted by molar-refractivity contribution is 0.341. The normalized spacial score (nSPS) is 12.0. The van der Waals surface area contributed by atoms with Crippen LogP contribution in [0, 0.1) is 17.8 Å². The van der Waals surface area contributed by atoms with Gasteiger partial charge < -0.3 is 9.97 Å². The van der Waals surface area contributed by atoms with Crippen molar-refractivity contribution in [1.82, 2.24) is 9.97 Å². The Morgan fingerprint density at radius 1 is 0.492 bits per heavy atom. The summed E-state index contributed by atoms with van der Waals surface area (Å²) >= 11 is 0. The molecule has 2 heteroatoms. The molecular weight excluding hydrogens is 785 g/mol. The van der Waals surface area contributed by atoms with E-state index in [4.69, 9.17) is 0 Å². The van der Waals surface area contributed by atoms with Crippen molar-refractivity contribution in [3.8, 4) is 22.3 Å². The Hall–Kier alpha value is -6.64. The number of rotatable bonds is 4. The van der Waals surface area contributed by atoms with Crippen LogP contribution in [0.3, 0.4) is 0 Å². The zero-order valence-electron chi connectivity index (χ0n) is 41.1. The molecule has 0 fully saturated rings. The summed E-state index contributed by atoms with van der Waals surface area (Å²) in [5, 5.41) is 12.1. The van der Waals surface area contributed by atoms with E-state index in [1.54, 1.807) is 12.2 Å². The van der Waals surface area contributed by atoms with Crippen molar-refractivity contribution in [2.45, 2.75) is 89.0 Å². The van der Waals surface area contributed by atoms with Crippen molar-refractivity contribution in [3.05, 3.63) is 188 Å². The third-order valence-corrected chi connectivity index (χ3v) is 11.7. The highest BCUT2D eigenvalue weighted by molar-refractivity contribution is 6.29. The van der Waals surface area contributed by atoms with Crippen LogP contribution in [0.4, 0.5) is 0 Å². The maximum atomic E-state index is 3.77. The van der Waals surface area contributed by atoms with E-state index in [0.29, 0.717) is 11.3 Å². The second kappa shape index (κ2) is 20.5. The number of fused-ring (bicyclic) bond motifs is 5. The SMILES string of the molecule is C/C=C\c1c(C)[nH]c2c(-c3ccccc3)c(-c3ccccc3)c3c4ccccc4[nH]c3c12.C=CC.C=CC.CC(C)(C)C.CC(c1ccc2ccc3cccc4ccc1c2c34)C(C)(C)C. The molecule has 65 heavy (non-hydrogen) atoms. The molecule has 332 valence electrons. The van der Waals surface area contributed by atoms with Gasteiger partial charge in [0.2, 0.25) is 0 Å². The van der Waals surface area contributed by atoms with Crippen molar-refractivity contribution < 1.29 is 0 Å². The highest BCUT2D eigenvalue weighted by atomic mass is 14.8. The Morgan fingerprint density at radius 3 is 1.54 bits per heavy atom.